The number of nitrogens with zero attached hydrogens (tertiary/aromatic N) is 1. The smallest absolute Gasteiger partial charge is 0.258 e. The van der Waals surface area contributed by atoms with Gasteiger partial charge in [-0.1, -0.05) is 53.9 Å². The number of hydrogen-bond donors (Lipinski definition) is 0. The highest BCUT2D eigenvalue weighted by molar-refractivity contribution is 6.31. The number of piperidine rings is 1. The van der Waals surface area contributed by atoms with Crippen LogP contribution in [0.1, 0.15) is 53.7 Å². The van der Waals surface area contributed by atoms with Crippen molar-refractivity contribution in [1.82, 2.24) is 4.90 Å². The molecule has 1 fully saturated rings. The van der Waals surface area contributed by atoms with Gasteiger partial charge in [0.1, 0.15) is 0 Å². The minimum Gasteiger partial charge on any atom is -0.435 e. The molecule has 0 saturated carbocycles. The lowest BCUT2D eigenvalue weighted by Crippen LogP contribution is -2.37. The highest BCUT2D eigenvalue weighted by Gasteiger charge is 2.31. The minimum atomic E-state index is -0.0926. The van der Waals surface area contributed by atoms with E-state index in [2.05, 4.69) is 35.2 Å². The lowest BCUT2D eigenvalue weighted by atomic mass is 9.91. The fraction of sp³-hybridized carbons (Fsp3) is 0.429. The van der Waals surface area contributed by atoms with Crippen LogP contribution in [0, 0.1) is 13.8 Å². The summed E-state index contributed by atoms with van der Waals surface area (Å²) in [6, 6.07) is 12.7. The molecule has 1 aliphatic rings. The van der Waals surface area contributed by atoms with E-state index in [1.165, 1.54) is 24.8 Å². The summed E-state index contributed by atoms with van der Waals surface area (Å²) in [6.07, 6.45) is 3.65. The normalized spacial score (nSPS) is 17.8. The molecule has 0 bridgehead atoms. The van der Waals surface area contributed by atoms with Crippen LogP contribution < -0.4 is 0 Å². The van der Waals surface area contributed by atoms with E-state index in [1.54, 1.807) is 8.05 Å². The molecular weight excluding hydrogens is 364 g/mol. The molecule has 5 heteroatoms. The molecule has 0 spiro atoms. The van der Waals surface area contributed by atoms with Crippen molar-refractivity contribution in [3.63, 3.8) is 0 Å². The lowest BCUT2D eigenvalue weighted by Gasteiger charge is -2.39. The number of aryl methyl sites for hydroxylation is 2. The van der Waals surface area contributed by atoms with Gasteiger partial charge in [-0.3, -0.25) is 4.90 Å². The van der Waals surface area contributed by atoms with Crippen LogP contribution in [-0.2, 0) is 4.65 Å². The van der Waals surface area contributed by atoms with Crippen molar-refractivity contribution >= 4 is 31.3 Å². The zero-order valence-corrected chi connectivity index (χ0v) is 17.3. The maximum absolute atomic E-state index is 6.46. The van der Waals surface area contributed by atoms with Crippen LogP contribution in [0.2, 0.25) is 10.0 Å². The van der Waals surface area contributed by atoms with E-state index in [9.17, 15) is 0 Å². The number of halogens is 2. The molecule has 2 nitrogen and oxygen atoms in total. The van der Waals surface area contributed by atoms with Gasteiger partial charge in [-0.15, -0.1) is 0 Å². The van der Waals surface area contributed by atoms with Crippen LogP contribution in [0.15, 0.2) is 36.4 Å². The Labute approximate surface area is 167 Å². The molecule has 0 amide bonds. The van der Waals surface area contributed by atoms with Gasteiger partial charge in [0.05, 0.1) is 12.1 Å². The average molecular weight is 390 g/mol. The topological polar surface area (TPSA) is 12.5 Å². The molecule has 3 rings (SSSR count). The van der Waals surface area contributed by atoms with Gasteiger partial charge in [-0.25, -0.2) is 0 Å². The second kappa shape index (κ2) is 8.80. The van der Waals surface area contributed by atoms with Crippen molar-refractivity contribution in [3.05, 3.63) is 68.7 Å². The van der Waals surface area contributed by atoms with Gasteiger partial charge in [-0.05, 0) is 74.2 Å². The summed E-state index contributed by atoms with van der Waals surface area (Å²) in [7, 11) is 1.78. The summed E-state index contributed by atoms with van der Waals surface area (Å²) in [5.41, 5.74) is 4.49. The number of hydrogen-bond acceptors (Lipinski definition) is 2. The Morgan fingerprint density at radius 2 is 1.42 bits per heavy atom. The molecule has 2 unspecified atom stereocenters. The summed E-state index contributed by atoms with van der Waals surface area (Å²) in [5, 5.41) is 1.59. The molecule has 0 aromatic heterocycles. The number of rotatable bonds is 5. The predicted octanol–water partition coefficient (Wildman–Crippen LogP) is 5.44. The van der Waals surface area contributed by atoms with E-state index in [4.69, 9.17) is 27.9 Å². The van der Waals surface area contributed by atoms with E-state index in [0.29, 0.717) is 0 Å². The first-order chi connectivity index (χ1) is 12.5. The molecule has 0 N–H and O–H groups in total. The molecule has 0 radical (unpaired) electrons. The fourth-order valence-electron chi connectivity index (χ4n) is 3.80. The van der Waals surface area contributed by atoms with Crippen molar-refractivity contribution in [1.29, 1.82) is 0 Å². The maximum atomic E-state index is 6.46. The molecule has 2 aromatic rings. The Balaban J connectivity index is 2.04. The van der Waals surface area contributed by atoms with Crippen LogP contribution in [0.5, 0.6) is 0 Å². The van der Waals surface area contributed by atoms with Crippen LogP contribution in [-0.4, -0.2) is 26.0 Å². The van der Waals surface area contributed by atoms with Crippen LogP contribution in [0.25, 0.3) is 0 Å². The van der Waals surface area contributed by atoms with Crippen LogP contribution in [0.4, 0.5) is 0 Å². The van der Waals surface area contributed by atoms with E-state index in [1.807, 2.05) is 19.9 Å². The zero-order chi connectivity index (χ0) is 18.7. The summed E-state index contributed by atoms with van der Waals surface area (Å²) in [4.78, 5) is 2.53. The standard InChI is InChI=1S/C21H26BCl2NO/c1-14-6-8-16(12-18(14)23)20(25-10-4-3-5-11-25)21(26-22)17-9-7-15(2)19(24)13-17/h6-9,12-13,20-21H,3-5,10-11,22H2,1-2H3. The largest absolute Gasteiger partial charge is 0.435 e. The Hall–Kier alpha value is -0.995. The molecule has 26 heavy (non-hydrogen) atoms. The fourth-order valence-corrected chi connectivity index (χ4v) is 4.18. The van der Waals surface area contributed by atoms with E-state index in [-0.39, 0.29) is 12.1 Å². The molecule has 1 saturated heterocycles. The van der Waals surface area contributed by atoms with Gasteiger partial charge in [0, 0.05) is 10.0 Å². The van der Waals surface area contributed by atoms with Gasteiger partial charge >= 0.3 is 0 Å². The summed E-state index contributed by atoms with van der Waals surface area (Å²) >= 11 is 12.9. The quantitative estimate of drug-likeness (QED) is 0.631. The van der Waals surface area contributed by atoms with Crippen molar-refractivity contribution < 1.29 is 4.65 Å². The van der Waals surface area contributed by atoms with E-state index in [0.717, 1.165) is 39.8 Å². The van der Waals surface area contributed by atoms with Crippen molar-refractivity contribution in [3.8, 4) is 0 Å². The first-order valence-corrected chi connectivity index (χ1v) is 10.1. The van der Waals surface area contributed by atoms with Gasteiger partial charge in [0.15, 0.2) is 0 Å². The highest BCUT2D eigenvalue weighted by atomic mass is 35.5. The molecular formula is C21H26BCl2NO. The van der Waals surface area contributed by atoms with Gasteiger partial charge in [0.25, 0.3) is 8.05 Å². The lowest BCUT2D eigenvalue weighted by molar-refractivity contribution is 0.0575. The predicted molar refractivity (Wildman–Crippen MR) is 113 cm³/mol. The first-order valence-electron chi connectivity index (χ1n) is 9.30. The third kappa shape index (κ3) is 4.28. The van der Waals surface area contributed by atoms with Crippen molar-refractivity contribution in [2.24, 2.45) is 0 Å². The zero-order valence-electron chi connectivity index (χ0n) is 15.8. The average Bonchev–Trinajstić information content (AvgIpc) is 2.65. The minimum absolute atomic E-state index is 0.0926. The van der Waals surface area contributed by atoms with Gasteiger partial charge < -0.3 is 4.65 Å². The SMILES string of the molecule is BOC(c1ccc(C)c(Cl)c1)C(c1ccc(C)c(Cl)c1)N1CCCCC1. The summed E-state index contributed by atoms with van der Waals surface area (Å²) in [6.45, 7) is 6.22. The van der Waals surface area contributed by atoms with Crippen LogP contribution in [0.3, 0.4) is 0 Å². The monoisotopic (exact) mass is 389 g/mol. The summed E-state index contributed by atoms with van der Waals surface area (Å²) in [5.74, 6) is 0. The molecule has 138 valence electrons. The van der Waals surface area contributed by atoms with Gasteiger partial charge in [-0.2, -0.15) is 0 Å². The Bertz CT molecular complexity index is 762. The number of likely N-dealkylation sites (tertiary alicyclic amines) is 1. The van der Waals surface area contributed by atoms with E-state index >= 15 is 0 Å². The molecule has 2 aromatic carbocycles. The van der Waals surface area contributed by atoms with Crippen molar-refractivity contribution in [2.45, 2.75) is 45.3 Å². The Morgan fingerprint density at radius 1 is 0.885 bits per heavy atom. The Morgan fingerprint density at radius 3 is 1.96 bits per heavy atom. The molecule has 0 aliphatic carbocycles. The molecule has 2 atom stereocenters. The van der Waals surface area contributed by atoms with Crippen LogP contribution >= 0.6 is 23.2 Å². The maximum Gasteiger partial charge on any atom is 0.258 e. The Kier molecular flexibility index (Phi) is 6.68. The number of benzene rings is 2. The second-order valence-electron chi connectivity index (χ2n) is 7.22. The second-order valence-corrected chi connectivity index (χ2v) is 8.03. The summed E-state index contributed by atoms with van der Waals surface area (Å²) < 4.78 is 6.03. The molecule has 1 aliphatic heterocycles. The highest BCUT2D eigenvalue weighted by Crippen LogP contribution is 2.40. The first kappa shape index (κ1) is 19.8. The third-order valence-electron chi connectivity index (χ3n) is 5.39. The molecule has 1 heterocycles. The van der Waals surface area contributed by atoms with Crippen molar-refractivity contribution in [2.75, 3.05) is 13.1 Å². The van der Waals surface area contributed by atoms with E-state index < -0.39 is 0 Å². The third-order valence-corrected chi connectivity index (χ3v) is 6.20. The van der Waals surface area contributed by atoms with Gasteiger partial charge in [0.2, 0.25) is 0 Å².